The van der Waals surface area contributed by atoms with Gasteiger partial charge in [-0.15, -0.1) is 6.58 Å². The van der Waals surface area contributed by atoms with Gasteiger partial charge in [0.15, 0.2) is 0 Å². The summed E-state index contributed by atoms with van der Waals surface area (Å²) in [5.41, 5.74) is 1.27. The van der Waals surface area contributed by atoms with E-state index in [1.54, 1.807) is 0 Å². The molecule has 0 heterocycles. The van der Waals surface area contributed by atoms with E-state index < -0.39 is 0 Å². The standard InChI is InChI=1S/C30H53N/c1-6-8-13-24(3)22-29-20-18-28(19-21-29)16-11-10-15-27(7-2)23-31-26(5)30-17-12-9-14-25(30)4/h7,10-11,24-25,27-31H,2,5-6,8-9,12-23H2,1,3-4H3/b11-10+. The van der Waals surface area contributed by atoms with E-state index in [9.17, 15) is 0 Å². The molecule has 1 N–H and O–H groups in total. The van der Waals surface area contributed by atoms with Crippen molar-refractivity contribution >= 4 is 0 Å². The van der Waals surface area contributed by atoms with Crippen molar-refractivity contribution in [2.24, 2.45) is 35.5 Å². The van der Waals surface area contributed by atoms with E-state index in [0.29, 0.717) is 11.8 Å². The van der Waals surface area contributed by atoms with Crippen molar-refractivity contribution in [2.75, 3.05) is 6.54 Å². The second-order valence-corrected chi connectivity index (χ2v) is 11.1. The maximum Gasteiger partial charge on any atom is 0.0209 e. The normalized spacial score (nSPS) is 28.9. The molecule has 0 amide bonds. The predicted octanol–water partition coefficient (Wildman–Crippen LogP) is 9.08. The van der Waals surface area contributed by atoms with Gasteiger partial charge < -0.3 is 5.32 Å². The van der Waals surface area contributed by atoms with Gasteiger partial charge in [-0.2, -0.15) is 0 Å². The summed E-state index contributed by atoms with van der Waals surface area (Å²) in [6.07, 6.45) is 26.3. The van der Waals surface area contributed by atoms with Crippen LogP contribution in [0.25, 0.3) is 0 Å². The van der Waals surface area contributed by atoms with E-state index in [-0.39, 0.29) is 0 Å². The Morgan fingerprint density at radius 2 is 1.74 bits per heavy atom. The third-order valence-corrected chi connectivity index (χ3v) is 8.31. The van der Waals surface area contributed by atoms with Crippen molar-refractivity contribution in [3.05, 3.63) is 37.1 Å². The molecule has 1 nitrogen and oxygen atoms in total. The van der Waals surface area contributed by atoms with Gasteiger partial charge in [-0.1, -0.05) is 96.9 Å². The third-order valence-electron chi connectivity index (χ3n) is 8.31. The summed E-state index contributed by atoms with van der Waals surface area (Å²) >= 11 is 0. The average molecular weight is 428 g/mol. The van der Waals surface area contributed by atoms with Gasteiger partial charge in [-0.25, -0.2) is 0 Å². The van der Waals surface area contributed by atoms with Crippen LogP contribution in [0.5, 0.6) is 0 Å². The lowest BCUT2D eigenvalue weighted by molar-refractivity contribution is 0.236. The van der Waals surface area contributed by atoms with Gasteiger partial charge in [-0.05, 0) is 68.1 Å². The molecule has 2 aliphatic carbocycles. The Balaban J connectivity index is 1.60. The first-order chi connectivity index (χ1) is 15.0. The molecule has 0 radical (unpaired) electrons. The van der Waals surface area contributed by atoms with E-state index in [4.69, 9.17) is 0 Å². The van der Waals surface area contributed by atoms with Crippen molar-refractivity contribution in [1.29, 1.82) is 0 Å². The first-order valence-electron chi connectivity index (χ1n) is 13.7. The first-order valence-corrected chi connectivity index (χ1v) is 13.7. The summed E-state index contributed by atoms with van der Waals surface area (Å²) in [4.78, 5) is 0. The van der Waals surface area contributed by atoms with Gasteiger partial charge in [0.05, 0.1) is 0 Å². The number of hydrogen-bond acceptors (Lipinski definition) is 1. The van der Waals surface area contributed by atoms with E-state index in [1.807, 2.05) is 0 Å². The quantitative estimate of drug-likeness (QED) is 0.272. The first kappa shape index (κ1) is 26.3. The Kier molecular flexibility index (Phi) is 12.7. The van der Waals surface area contributed by atoms with Crippen LogP contribution in [0.2, 0.25) is 0 Å². The molecule has 0 spiro atoms. The maximum atomic E-state index is 4.37. The highest BCUT2D eigenvalue weighted by Gasteiger charge is 2.24. The fourth-order valence-electron chi connectivity index (χ4n) is 5.99. The molecule has 2 aliphatic rings. The molecule has 178 valence electrons. The molecule has 0 bridgehead atoms. The SMILES string of the molecule is C=CC(C/C=C/CC1CCC(CC(C)CCCC)CC1)CNC(=C)C1CCCCC1C. The van der Waals surface area contributed by atoms with Crippen LogP contribution in [0.4, 0.5) is 0 Å². The van der Waals surface area contributed by atoms with Crippen LogP contribution in [0.15, 0.2) is 37.1 Å². The van der Waals surface area contributed by atoms with Crippen LogP contribution < -0.4 is 5.32 Å². The molecule has 0 aromatic rings. The largest absolute Gasteiger partial charge is 0.388 e. The average Bonchev–Trinajstić information content (AvgIpc) is 2.78. The van der Waals surface area contributed by atoms with Crippen LogP contribution in [0.1, 0.15) is 111 Å². The van der Waals surface area contributed by atoms with Crippen LogP contribution >= 0.6 is 0 Å². The molecule has 4 unspecified atom stereocenters. The number of hydrogen-bond donors (Lipinski definition) is 1. The molecule has 4 atom stereocenters. The molecule has 2 saturated carbocycles. The fraction of sp³-hybridized carbons (Fsp3) is 0.800. The highest BCUT2D eigenvalue weighted by atomic mass is 14.9. The summed E-state index contributed by atoms with van der Waals surface area (Å²) in [6.45, 7) is 16.6. The van der Waals surface area contributed by atoms with Gasteiger partial charge in [0.1, 0.15) is 0 Å². The van der Waals surface area contributed by atoms with Crippen LogP contribution in [0, 0.1) is 35.5 Å². The molecular formula is C30H53N. The number of allylic oxidation sites excluding steroid dienone is 3. The Bertz CT molecular complexity index is 525. The van der Waals surface area contributed by atoms with Gasteiger partial charge in [-0.3, -0.25) is 0 Å². The zero-order valence-corrected chi connectivity index (χ0v) is 21.2. The van der Waals surface area contributed by atoms with Gasteiger partial charge >= 0.3 is 0 Å². The monoisotopic (exact) mass is 427 g/mol. The lowest BCUT2D eigenvalue weighted by Crippen LogP contribution is -2.29. The van der Waals surface area contributed by atoms with E-state index >= 15 is 0 Å². The smallest absolute Gasteiger partial charge is 0.0209 e. The molecule has 0 aliphatic heterocycles. The molecule has 2 rings (SSSR count). The van der Waals surface area contributed by atoms with Crippen molar-refractivity contribution in [2.45, 2.75) is 111 Å². The molecular weight excluding hydrogens is 374 g/mol. The Labute approximate surface area is 195 Å². The molecule has 1 heteroatoms. The van der Waals surface area contributed by atoms with Crippen LogP contribution in [-0.2, 0) is 0 Å². The highest BCUT2D eigenvalue weighted by molar-refractivity contribution is 5.03. The van der Waals surface area contributed by atoms with Gasteiger partial charge in [0.25, 0.3) is 0 Å². The van der Waals surface area contributed by atoms with Crippen molar-refractivity contribution in [3.8, 4) is 0 Å². The Morgan fingerprint density at radius 3 is 2.42 bits per heavy atom. The molecule has 0 aromatic carbocycles. The summed E-state index contributed by atoms with van der Waals surface area (Å²) < 4.78 is 0. The summed E-state index contributed by atoms with van der Waals surface area (Å²) in [7, 11) is 0. The second-order valence-electron chi connectivity index (χ2n) is 11.1. The maximum absolute atomic E-state index is 4.37. The van der Waals surface area contributed by atoms with E-state index in [0.717, 1.165) is 36.6 Å². The van der Waals surface area contributed by atoms with E-state index in [1.165, 1.54) is 89.2 Å². The van der Waals surface area contributed by atoms with Crippen LogP contribution in [0.3, 0.4) is 0 Å². The van der Waals surface area contributed by atoms with Crippen molar-refractivity contribution < 1.29 is 0 Å². The van der Waals surface area contributed by atoms with Crippen LogP contribution in [-0.4, -0.2) is 6.54 Å². The molecule has 0 aromatic heterocycles. The Hall–Kier alpha value is -0.980. The number of rotatable bonds is 14. The third kappa shape index (κ3) is 10.0. The number of unbranched alkanes of at least 4 members (excludes halogenated alkanes) is 1. The minimum atomic E-state index is 0.507. The minimum Gasteiger partial charge on any atom is -0.388 e. The molecule has 0 saturated heterocycles. The lowest BCUT2D eigenvalue weighted by atomic mass is 9.76. The van der Waals surface area contributed by atoms with Crippen molar-refractivity contribution in [1.82, 2.24) is 5.32 Å². The fourth-order valence-corrected chi connectivity index (χ4v) is 5.99. The highest BCUT2D eigenvalue weighted by Crippen LogP contribution is 2.35. The minimum absolute atomic E-state index is 0.507. The summed E-state index contributed by atoms with van der Waals surface area (Å²) in [6, 6.07) is 0. The second kappa shape index (κ2) is 15.0. The predicted molar refractivity (Wildman–Crippen MR) is 139 cm³/mol. The summed E-state index contributed by atoms with van der Waals surface area (Å²) in [5.74, 6) is 4.81. The van der Waals surface area contributed by atoms with Gasteiger partial charge in [0, 0.05) is 18.2 Å². The van der Waals surface area contributed by atoms with Gasteiger partial charge in [0.2, 0.25) is 0 Å². The van der Waals surface area contributed by atoms with E-state index in [2.05, 4.69) is 57.5 Å². The lowest BCUT2D eigenvalue weighted by Gasteiger charge is -2.31. The Morgan fingerprint density at radius 1 is 1.03 bits per heavy atom. The summed E-state index contributed by atoms with van der Waals surface area (Å²) in [5, 5.41) is 3.66. The zero-order valence-electron chi connectivity index (χ0n) is 21.2. The zero-order chi connectivity index (χ0) is 22.5. The molecule has 2 fully saturated rings. The molecule has 31 heavy (non-hydrogen) atoms. The van der Waals surface area contributed by atoms with Crippen molar-refractivity contribution in [3.63, 3.8) is 0 Å². The topological polar surface area (TPSA) is 12.0 Å². The number of nitrogens with one attached hydrogen (secondary N) is 1.